The van der Waals surface area contributed by atoms with E-state index in [1.54, 1.807) is 0 Å². The van der Waals surface area contributed by atoms with Gasteiger partial charge in [0.2, 0.25) is 0 Å². The second-order valence-electron chi connectivity index (χ2n) is 3.86. The number of rotatable bonds is 7. The van der Waals surface area contributed by atoms with Gasteiger partial charge >= 0.3 is 5.97 Å². The zero-order valence-corrected chi connectivity index (χ0v) is 10.1. The molecule has 0 aromatic carbocycles. The van der Waals surface area contributed by atoms with E-state index >= 15 is 0 Å². The maximum absolute atomic E-state index is 11.2. The molecule has 2 N–H and O–H groups in total. The standard InChI is InChI=1S/C12H23NO2/c1-5-9-10(15-11(14)6-2)12(13,7-3)8-4/h6,10H,2,5,7-9,13H2,1,3-4H3. The fraction of sp³-hybridized carbons (Fsp3) is 0.750. The Morgan fingerprint density at radius 1 is 1.47 bits per heavy atom. The summed E-state index contributed by atoms with van der Waals surface area (Å²) in [4.78, 5) is 11.2. The van der Waals surface area contributed by atoms with Crippen molar-refractivity contribution in [1.29, 1.82) is 0 Å². The summed E-state index contributed by atoms with van der Waals surface area (Å²) < 4.78 is 5.30. The van der Waals surface area contributed by atoms with Crippen molar-refractivity contribution in [3.8, 4) is 0 Å². The van der Waals surface area contributed by atoms with E-state index in [1.807, 2.05) is 13.8 Å². The summed E-state index contributed by atoms with van der Waals surface area (Å²) in [6.45, 7) is 9.49. The Balaban J connectivity index is 4.61. The lowest BCUT2D eigenvalue weighted by Gasteiger charge is -2.35. The smallest absolute Gasteiger partial charge is 0.330 e. The van der Waals surface area contributed by atoms with E-state index < -0.39 is 5.54 Å². The maximum Gasteiger partial charge on any atom is 0.330 e. The third kappa shape index (κ3) is 4.04. The van der Waals surface area contributed by atoms with Crippen LogP contribution in [0, 0.1) is 0 Å². The van der Waals surface area contributed by atoms with Gasteiger partial charge in [-0.1, -0.05) is 33.8 Å². The lowest BCUT2D eigenvalue weighted by atomic mass is 9.85. The molecule has 0 aliphatic rings. The normalized spacial score (nSPS) is 13.3. The van der Waals surface area contributed by atoms with E-state index in [2.05, 4.69) is 13.5 Å². The van der Waals surface area contributed by atoms with Crippen molar-refractivity contribution >= 4 is 5.97 Å². The highest BCUT2D eigenvalue weighted by Crippen LogP contribution is 2.23. The molecule has 0 radical (unpaired) electrons. The maximum atomic E-state index is 11.2. The molecule has 0 rings (SSSR count). The molecule has 0 bridgehead atoms. The van der Waals surface area contributed by atoms with Crippen LogP contribution in [0.5, 0.6) is 0 Å². The van der Waals surface area contributed by atoms with Gasteiger partial charge in [-0.05, 0) is 19.3 Å². The van der Waals surface area contributed by atoms with Crippen molar-refractivity contribution in [3.63, 3.8) is 0 Å². The van der Waals surface area contributed by atoms with Crippen LogP contribution in [0.4, 0.5) is 0 Å². The summed E-state index contributed by atoms with van der Waals surface area (Å²) in [7, 11) is 0. The quantitative estimate of drug-likeness (QED) is 0.522. The van der Waals surface area contributed by atoms with Crippen molar-refractivity contribution in [2.24, 2.45) is 5.73 Å². The first-order valence-corrected chi connectivity index (χ1v) is 5.65. The molecule has 0 heterocycles. The Morgan fingerprint density at radius 2 is 2.00 bits per heavy atom. The zero-order valence-electron chi connectivity index (χ0n) is 10.1. The highest BCUT2D eigenvalue weighted by molar-refractivity contribution is 5.81. The SMILES string of the molecule is C=CC(=O)OC(CCC)C(N)(CC)CC. The number of carbonyl (C=O) groups is 1. The topological polar surface area (TPSA) is 52.3 Å². The van der Waals surface area contributed by atoms with Crippen LogP contribution >= 0.6 is 0 Å². The molecule has 3 heteroatoms. The molecule has 1 unspecified atom stereocenters. The second-order valence-corrected chi connectivity index (χ2v) is 3.86. The first-order valence-electron chi connectivity index (χ1n) is 5.65. The van der Waals surface area contributed by atoms with Gasteiger partial charge in [0.15, 0.2) is 0 Å². The first kappa shape index (κ1) is 14.2. The molecule has 0 spiro atoms. The van der Waals surface area contributed by atoms with Crippen LogP contribution < -0.4 is 5.73 Å². The molecule has 0 saturated heterocycles. The number of esters is 1. The first-order chi connectivity index (χ1) is 7.03. The second kappa shape index (κ2) is 6.62. The molecule has 0 aromatic heterocycles. The molecular formula is C12H23NO2. The number of ether oxygens (including phenoxy) is 1. The van der Waals surface area contributed by atoms with Crippen LogP contribution in [0.3, 0.4) is 0 Å². The predicted molar refractivity (Wildman–Crippen MR) is 62.5 cm³/mol. The van der Waals surface area contributed by atoms with E-state index in [9.17, 15) is 4.79 Å². The lowest BCUT2D eigenvalue weighted by molar-refractivity contribution is -0.147. The fourth-order valence-corrected chi connectivity index (χ4v) is 1.62. The average Bonchev–Trinajstić information content (AvgIpc) is 2.27. The number of hydrogen-bond donors (Lipinski definition) is 1. The van der Waals surface area contributed by atoms with Crippen molar-refractivity contribution in [3.05, 3.63) is 12.7 Å². The van der Waals surface area contributed by atoms with Gasteiger partial charge in [-0.15, -0.1) is 0 Å². The molecule has 3 nitrogen and oxygen atoms in total. The van der Waals surface area contributed by atoms with Gasteiger partial charge in [-0.25, -0.2) is 4.79 Å². The molecule has 0 aromatic rings. The minimum Gasteiger partial charge on any atom is -0.457 e. The monoisotopic (exact) mass is 213 g/mol. The summed E-state index contributed by atoms with van der Waals surface area (Å²) >= 11 is 0. The molecular weight excluding hydrogens is 190 g/mol. The summed E-state index contributed by atoms with van der Waals surface area (Å²) in [5.41, 5.74) is 5.81. The van der Waals surface area contributed by atoms with Gasteiger partial charge < -0.3 is 10.5 Å². The number of hydrogen-bond acceptors (Lipinski definition) is 3. The molecule has 0 aliphatic heterocycles. The van der Waals surface area contributed by atoms with Gasteiger partial charge in [0.05, 0.1) is 5.54 Å². The van der Waals surface area contributed by atoms with E-state index in [4.69, 9.17) is 10.5 Å². The molecule has 0 amide bonds. The molecule has 0 saturated carbocycles. The van der Waals surface area contributed by atoms with Crippen molar-refractivity contribution in [1.82, 2.24) is 0 Å². The van der Waals surface area contributed by atoms with E-state index in [-0.39, 0.29) is 12.1 Å². The zero-order chi connectivity index (χ0) is 11.9. The molecule has 1 atom stereocenters. The molecule has 88 valence electrons. The lowest BCUT2D eigenvalue weighted by Crippen LogP contribution is -2.51. The Hall–Kier alpha value is -0.830. The minimum absolute atomic E-state index is 0.206. The van der Waals surface area contributed by atoms with Crippen LogP contribution in [0.1, 0.15) is 46.5 Å². The van der Waals surface area contributed by atoms with Crippen LogP contribution in [0.2, 0.25) is 0 Å². The summed E-state index contributed by atoms with van der Waals surface area (Å²) in [5.74, 6) is -0.384. The van der Waals surface area contributed by atoms with Gasteiger partial charge in [0.1, 0.15) is 6.10 Å². The van der Waals surface area contributed by atoms with Crippen LogP contribution in [0.15, 0.2) is 12.7 Å². The molecule has 0 aliphatic carbocycles. The van der Waals surface area contributed by atoms with Gasteiger partial charge in [0.25, 0.3) is 0 Å². The minimum atomic E-state index is -0.408. The van der Waals surface area contributed by atoms with Gasteiger partial charge in [0, 0.05) is 6.08 Å². The largest absolute Gasteiger partial charge is 0.457 e. The third-order valence-electron chi connectivity index (χ3n) is 2.93. The van der Waals surface area contributed by atoms with Crippen molar-refractivity contribution in [2.75, 3.05) is 0 Å². The number of nitrogens with two attached hydrogens (primary N) is 1. The van der Waals surface area contributed by atoms with Crippen LogP contribution in [-0.4, -0.2) is 17.6 Å². The highest BCUT2D eigenvalue weighted by atomic mass is 16.5. The number of carbonyl (C=O) groups excluding carboxylic acids is 1. The van der Waals surface area contributed by atoms with E-state index in [0.717, 1.165) is 25.7 Å². The van der Waals surface area contributed by atoms with E-state index in [0.29, 0.717) is 0 Å². The predicted octanol–water partition coefficient (Wildman–Crippen LogP) is 2.40. The molecule has 0 fully saturated rings. The Kier molecular flexibility index (Phi) is 6.25. The fourth-order valence-electron chi connectivity index (χ4n) is 1.62. The van der Waals surface area contributed by atoms with E-state index in [1.165, 1.54) is 6.08 Å². The van der Waals surface area contributed by atoms with Crippen LogP contribution in [-0.2, 0) is 9.53 Å². The summed E-state index contributed by atoms with van der Waals surface area (Å²) in [6, 6.07) is 0. The van der Waals surface area contributed by atoms with Crippen LogP contribution in [0.25, 0.3) is 0 Å². The molecule has 15 heavy (non-hydrogen) atoms. The third-order valence-corrected chi connectivity index (χ3v) is 2.93. The Morgan fingerprint density at radius 3 is 2.33 bits per heavy atom. The van der Waals surface area contributed by atoms with Gasteiger partial charge in [-0.2, -0.15) is 0 Å². The van der Waals surface area contributed by atoms with Gasteiger partial charge in [-0.3, -0.25) is 0 Å². The average molecular weight is 213 g/mol. The van der Waals surface area contributed by atoms with Crippen molar-refractivity contribution < 1.29 is 9.53 Å². The Labute approximate surface area is 92.7 Å². The summed E-state index contributed by atoms with van der Waals surface area (Å²) in [5, 5.41) is 0. The van der Waals surface area contributed by atoms with Crippen molar-refractivity contribution in [2.45, 2.75) is 58.1 Å². The Bertz CT molecular complexity index is 210. The highest BCUT2D eigenvalue weighted by Gasteiger charge is 2.33. The summed E-state index contributed by atoms with van der Waals surface area (Å²) in [6.07, 6.45) is 4.35.